The Bertz CT molecular complexity index is 1050. The first-order chi connectivity index (χ1) is 15.9. The molecule has 0 radical (unpaired) electrons. The van der Waals surface area contributed by atoms with Gasteiger partial charge in [0.2, 0.25) is 15.9 Å². The van der Waals surface area contributed by atoms with Crippen LogP contribution >= 0.6 is 0 Å². The summed E-state index contributed by atoms with van der Waals surface area (Å²) in [7, 11) is -3.75. The summed E-state index contributed by atoms with van der Waals surface area (Å²) in [4.78, 5) is 15.4. The van der Waals surface area contributed by atoms with Gasteiger partial charge in [-0.25, -0.2) is 12.8 Å². The molecular weight excluding hydrogens is 441 g/mol. The molecule has 2 aliphatic heterocycles. The fraction of sp³-hybridized carbons (Fsp3) is 0.480. The predicted molar refractivity (Wildman–Crippen MR) is 125 cm³/mol. The third-order valence-electron chi connectivity index (χ3n) is 6.62. The Morgan fingerprint density at radius 3 is 2.36 bits per heavy atom. The number of hydrogen-bond donors (Lipinski definition) is 1. The molecule has 1 amide bonds. The third-order valence-corrected chi connectivity index (χ3v) is 8.50. The van der Waals surface area contributed by atoms with E-state index in [1.165, 1.54) is 41.3 Å². The van der Waals surface area contributed by atoms with E-state index in [4.69, 9.17) is 0 Å². The molecule has 2 aromatic rings. The zero-order chi connectivity index (χ0) is 23.3. The minimum absolute atomic E-state index is 0.0524. The second-order valence-electron chi connectivity index (χ2n) is 8.98. The summed E-state index contributed by atoms with van der Waals surface area (Å²) in [6.07, 6.45) is 5.03. The summed E-state index contributed by atoms with van der Waals surface area (Å²) in [6.45, 7) is 4.05. The maximum Gasteiger partial charge on any atom is 0.243 e. The number of carbonyl (C=O) groups excluding carboxylic acids is 1. The van der Waals surface area contributed by atoms with Crippen molar-refractivity contribution in [3.63, 3.8) is 0 Å². The van der Waals surface area contributed by atoms with Crippen molar-refractivity contribution in [2.45, 2.75) is 50.1 Å². The van der Waals surface area contributed by atoms with E-state index >= 15 is 0 Å². The molecule has 0 aliphatic carbocycles. The Hall–Kier alpha value is -2.29. The van der Waals surface area contributed by atoms with Gasteiger partial charge in [0.25, 0.3) is 0 Å². The first kappa shape index (κ1) is 23.9. The summed E-state index contributed by atoms with van der Waals surface area (Å²) in [5.74, 6) is -1.00. The lowest BCUT2D eigenvalue weighted by Crippen LogP contribution is -2.45. The van der Waals surface area contributed by atoms with Crippen molar-refractivity contribution in [3.8, 4) is 0 Å². The van der Waals surface area contributed by atoms with Crippen LogP contribution in [0.25, 0.3) is 0 Å². The van der Waals surface area contributed by atoms with Gasteiger partial charge in [0.05, 0.1) is 10.8 Å². The van der Waals surface area contributed by atoms with Crippen molar-refractivity contribution in [2.75, 3.05) is 26.2 Å². The zero-order valence-electron chi connectivity index (χ0n) is 18.9. The van der Waals surface area contributed by atoms with Crippen LogP contribution in [0.3, 0.4) is 0 Å². The number of hydrogen-bond acceptors (Lipinski definition) is 4. The number of benzene rings is 2. The summed E-state index contributed by atoms with van der Waals surface area (Å²) < 4.78 is 40.4. The maximum absolute atomic E-state index is 13.2. The zero-order valence-corrected chi connectivity index (χ0v) is 19.7. The molecule has 0 spiro atoms. The van der Waals surface area contributed by atoms with Crippen LogP contribution in [-0.2, 0) is 27.9 Å². The highest BCUT2D eigenvalue weighted by molar-refractivity contribution is 7.89. The Balaban J connectivity index is 1.37. The standard InChI is InChI=1S/C25H32FN3O3S/c26-23-10-12-24(13-11-23)33(31,32)29-16-6-9-22(19-29)25(30)27-17-20-7-2-3-8-21(20)18-28-14-4-1-5-15-28/h2-3,7-8,10-13,22H,1,4-6,9,14-19H2,(H,27,30)/t22-/m0/s1. The largest absolute Gasteiger partial charge is 0.352 e. The monoisotopic (exact) mass is 473 g/mol. The van der Waals surface area contributed by atoms with Gasteiger partial charge in [-0.1, -0.05) is 30.7 Å². The number of sulfonamides is 1. The van der Waals surface area contributed by atoms with Crippen molar-refractivity contribution < 1.29 is 17.6 Å². The predicted octanol–water partition coefficient (Wildman–Crippen LogP) is 3.53. The normalized spacial score (nSPS) is 20.5. The average molecular weight is 474 g/mol. The molecule has 1 N–H and O–H groups in total. The Morgan fingerprint density at radius 2 is 1.64 bits per heavy atom. The van der Waals surface area contributed by atoms with Crippen LogP contribution in [0, 0.1) is 11.7 Å². The smallest absolute Gasteiger partial charge is 0.243 e. The highest BCUT2D eigenvalue weighted by Gasteiger charge is 2.33. The Morgan fingerprint density at radius 1 is 0.939 bits per heavy atom. The van der Waals surface area contributed by atoms with E-state index < -0.39 is 21.8 Å². The molecule has 8 heteroatoms. The molecule has 6 nitrogen and oxygen atoms in total. The molecule has 2 aromatic carbocycles. The minimum atomic E-state index is -3.75. The molecule has 2 saturated heterocycles. The fourth-order valence-electron chi connectivity index (χ4n) is 4.70. The van der Waals surface area contributed by atoms with Crippen LogP contribution in [0.15, 0.2) is 53.4 Å². The molecule has 1 atom stereocenters. The van der Waals surface area contributed by atoms with E-state index in [0.29, 0.717) is 25.9 Å². The van der Waals surface area contributed by atoms with Crippen molar-refractivity contribution in [1.82, 2.24) is 14.5 Å². The van der Waals surface area contributed by atoms with Gasteiger partial charge >= 0.3 is 0 Å². The molecule has 2 heterocycles. The van der Waals surface area contributed by atoms with E-state index in [2.05, 4.69) is 16.3 Å². The molecule has 4 rings (SSSR count). The van der Waals surface area contributed by atoms with Crippen LogP contribution in [0.5, 0.6) is 0 Å². The van der Waals surface area contributed by atoms with Crippen molar-refractivity contribution in [2.24, 2.45) is 5.92 Å². The number of amides is 1. The number of piperidine rings is 2. The summed E-state index contributed by atoms with van der Waals surface area (Å²) in [5.41, 5.74) is 2.33. The van der Waals surface area contributed by atoms with Crippen molar-refractivity contribution in [3.05, 3.63) is 65.5 Å². The molecule has 33 heavy (non-hydrogen) atoms. The van der Waals surface area contributed by atoms with Gasteiger partial charge in [0.15, 0.2) is 0 Å². The van der Waals surface area contributed by atoms with Crippen LogP contribution < -0.4 is 5.32 Å². The molecule has 0 aromatic heterocycles. The van der Waals surface area contributed by atoms with Gasteiger partial charge in [-0.3, -0.25) is 9.69 Å². The minimum Gasteiger partial charge on any atom is -0.352 e. The number of rotatable bonds is 7. The van der Waals surface area contributed by atoms with Crippen LogP contribution in [0.1, 0.15) is 43.2 Å². The van der Waals surface area contributed by atoms with Gasteiger partial charge < -0.3 is 5.32 Å². The van der Waals surface area contributed by atoms with Gasteiger partial charge in [-0.05, 0) is 74.2 Å². The quantitative estimate of drug-likeness (QED) is 0.668. The number of carbonyl (C=O) groups is 1. The lowest BCUT2D eigenvalue weighted by molar-refractivity contribution is -0.126. The summed E-state index contributed by atoms with van der Waals surface area (Å²) in [5, 5.41) is 3.04. The summed E-state index contributed by atoms with van der Waals surface area (Å²) in [6, 6.07) is 13.0. The van der Waals surface area contributed by atoms with E-state index in [-0.39, 0.29) is 17.3 Å². The third kappa shape index (κ3) is 5.99. The maximum atomic E-state index is 13.2. The Labute approximate surface area is 195 Å². The summed E-state index contributed by atoms with van der Waals surface area (Å²) >= 11 is 0. The van der Waals surface area contributed by atoms with Gasteiger partial charge in [-0.2, -0.15) is 4.31 Å². The molecule has 2 aliphatic rings. The van der Waals surface area contributed by atoms with E-state index in [9.17, 15) is 17.6 Å². The first-order valence-electron chi connectivity index (χ1n) is 11.8. The van der Waals surface area contributed by atoms with Crippen LogP contribution in [0.2, 0.25) is 0 Å². The van der Waals surface area contributed by atoms with Gasteiger partial charge in [0, 0.05) is 26.2 Å². The average Bonchev–Trinajstić information content (AvgIpc) is 2.84. The van der Waals surface area contributed by atoms with E-state index in [1.807, 2.05) is 18.2 Å². The lowest BCUT2D eigenvalue weighted by Gasteiger charge is -2.31. The highest BCUT2D eigenvalue weighted by atomic mass is 32.2. The van der Waals surface area contributed by atoms with Crippen LogP contribution in [0.4, 0.5) is 4.39 Å². The van der Waals surface area contributed by atoms with Crippen LogP contribution in [-0.4, -0.2) is 49.7 Å². The van der Waals surface area contributed by atoms with Crippen molar-refractivity contribution >= 4 is 15.9 Å². The number of nitrogens with zero attached hydrogens (tertiary/aromatic N) is 2. The number of nitrogens with one attached hydrogen (secondary N) is 1. The first-order valence-corrected chi connectivity index (χ1v) is 13.2. The molecular formula is C25H32FN3O3S. The van der Waals surface area contributed by atoms with Crippen molar-refractivity contribution in [1.29, 1.82) is 0 Å². The molecule has 0 saturated carbocycles. The molecule has 0 unspecified atom stereocenters. The van der Waals surface area contributed by atoms with E-state index in [1.54, 1.807) is 0 Å². The fourth-order valence-corrected chi connectivity index (χ4v) is 6.22. The second-order valence-corrected chi connectivity index (χ2v) is 10.9. The highest BCUT2D eigenvalue weighted by Crippen LogP contribution is 2.24. The van der Waals surface area contributed by atoms with Gasteiger partial charge in [-0.15, -0.1) is 0 Å². The molecule has 0 bridgehead atoms. The lowest BCUT2D eigenvalue weighted by atomic mass is 9.98. The number of likely N-dealkylation sites (tertiary alicyclic amines) is 1. The van der Waals surface area contributed by atoms with Gasteiger partial charge in [0.1, 0.15) is 5.82 Å². The molecule has 2 fully saturated rings. The SMILES string of the molecule is O=C(NCc1ccccc1CN1CCCCC1)[C@H]1CCCN(S(=O)(=O)c2ccc(F)cc2)C1. The number of halogens is 1. The van der Waals surface area contributed by atoms with E-state index in [0.717, 1.165) is 37.3 Å². The second kappa shape index (κ2) is 10.8. The molecule has 178 valence electrons. The Kier molecular flexibility index (Phi) is 7.78. The topological polar surface area (TPSA) is 69.7 Å².